The SMILES string of the molecule is Cc1cc(C(C(=O)NCc2ccccc2)N(C(=O)C(CC(C)C)NC(=O)OC(C)(C)C)C(C)(C)C)ccc1O. The summed E-state index contributed by atoms with van der Waals surface area (Å²) in [4.78, 5) is 42.4. The fourth-order valence-electron chi connectivity index (χ4n) is 4.30. The van der Waals surface area contributed by atoms with Gasteiger partial charge >= 0.3 is 6.09 Å². The van der Waals surface area contributed by atoms with E-state index in [9.17, 15) is 19.5 Å². The summed E-state index contributed by atoms with van der Waals surface area (Å²) in [6, 6.07) is 12.5. The third kappa shape index (κ3) is 9.61. The number of ether oxygens (including phenoxy) is 1. The first-order chi connectivity index (χ1) is 18.0. The lowest BCUT2D eigenvalue weighted by Gasteiger charge is -2.43. The van der Waals surface area contributed by atoms with Crippen molar-refractivity contribution in [2.45, 2.75) is 98.5 Å². The summed E-state index contributed by atoms with van der Waals surface area (Å²) >= 11 is 0. The molecule has 0 fully saturated rings. The number of carbonyl (C=O) groups is 3. The Balaban J connectivity index is 2.55. The molecule has 8 nitrogen and oxygen atoms in total. The Labute approximate surface area is 233 Å². The number of aryl methyl sites for hydroxylation is 1. The van der Waals surface area contributed by atoms with E-state index in [0.29, 0.717) is 17.5 Å². The maximum Gasteiger partial charge on any atom is 0.408 e. The molecule has 2 unspecified atom stereocenters. The zero-order valence-electron chi connectivity index (χ0n) is 24.8. The minimum absolute atomic E-state index is 0.0805. The van der Waals surface area contributed by atoms with E-state index in [2.05, 4.69) is 10.6 Å². The van der Waals surface area contributed by atoms with Crippen molar-refractivity contribution in [3.63, 3.8) is 0 Å². The monoisotopic (exact) mass is 539 g/mol. The van der Waals surface area contributed by atoms with Crippen molar-refractivity contribution in [1.29, 1.82) is 0 Å². The first kappa shape index (κ1) is 31.7. The maximum atomic E-state index is 14.3. The van der Waals surface area contributed by atoms with Crippen molar-refractivity contribution < 1.29 is 24.2 Å². The molecule has 3 amide bonds. The minimum Gasteiger partial charge on any atom is -0.508 e. The van der Waals surface area contributed by atoms with Gasteiger partial charge in [0.15, 0.2) is 0 Å². The van der Waals surface area contributed by atoms with E-state index in [4.69, 9.17) is 4.74 Å². The first-order valence-corrected chi connectivity index (χ1v) is 13.4. The molecule has 0 heterocycles. The summed E-state index contributed by atoms with van der Waals surface area (Å²) in [5.74, 6) is -0.586. The fraction of sp³-hybridized carbons (Fsp3) is 0.516. The van der Waals surface area contributed by atoms with Crippen molar-refractivity contribution in [3.05, 3.63) is 65.2 Å². The molecule has 2 atom stereocenters. The molecular formula is C31H45N3O5. The molecule has 2 aromatic rings. The quantitative estimate of drug-likeness (QED) is 0.383. The number of benzene rings is 2. The van der Waals surface area contributed by atoms with Gasteiger partial charge in [-0.1, -0.05) is 50.2 Å². The number of hydrogen-bond acceptors (Lipinski definition) is 5. The van der Waals surface area contributed by atoms with Gasteiger partial charge in [-0.25, -0.2) is 4.79 Å². The molecule has 2 aromatic carbocycles. The molecule has 0 aliphatic carbocycles. The molecule has 0 radical (unpaired) electrons. The van der Waals surface area contributed by atoms with Crippen LogP contribution in [0.1, 0.15) is 84.5 Å². The third-order valence-corrected chi connectivity index (χ3v) is 6.01. The molecular weight excluding hydrogens is 494 g/mol. The van der Waals surface area contributed by atoms with Crippen LogP contribution in [0.3, 0.4) is 0 Å². The number of hydrogen-bond donors (Lipinski definition) is 3. The number of alkyl carbamates (subject to hydrolysis) is 1. The predicted molar refractivity (Wildman–Crippen MR) is 153 cm³/mol. The van der Waals surface area contributed by atoms with Crippen molar-refractivity contribution >= 4 is 17.9 Å². The highest BCUT2D eigenvalue weighted by molar-refractivity contribution is 5.92. The minimum atomic E-state index is -1.02. The van der Waals surface area contributed by atoms with Gasteiger partial charge < -0.3 is 25.4 Å². The maximum absolute atomic E-state index is 14.3. The molecule has 0 saturated carbocycles. The van der Waals surface area contributed by atoms with E-state index >= 15 is 0 Å². The van der Waals surface area contributed by atoms with Crippen LogP contribution in [0.15, 0.2) is 48.5 Å². The van der Waals surface area contributed by atoms with Gasteiger partial charge in [-0.15, -0.1) is 0 Å². The van der Waals surface area contributed by atoms with Gasteiger partial charge in [-0.3, -0.25) is 9.59 Å². The zero-order valence-corrected chi connectivity index (χ0v) is 24.8. The number of phenols is 1. The molecule has 39 heavy (non-hydrogen) atoms. The van der Waals surface area contributed by atoms with Crippen molar-refractivity contribution in [2.75, 3.05) is 0 Å². The van der Waals surface area contributed by atoms with Gasteiger partial charge in [0.25, 0.3) is 0 Å². The van der Waals surface area contributed by atoms with Crippen LogP contribution in [0.2, 0.25) is 0 Å². The lowest BCUT2D eigenvalue weighted by molar-refractivity contribution is -0.148. The Morgan fingerprint density at radius 3 is 2.10 bits per heavy atom. The average molecular weight is 540 g/mol. The standard InChI is InChI=1S/C31H45N3O5/c1-20(2)17-24(33-29(38)39-31(7,8)9)28(37)34(30(4,5)6)26(23-15-16-25(35)21(3)18-23)27(36)32-19-22-13-11-10-12-14-22/h10-16,18,20,24,26,35H,17,19H2,1-9H3,(H,32,36)(H,33,38). The molecule has 0 bridgehead atoms. The zero-order chi connectivity index (χ0) is 29.5. The first-order valence-electron chi connectivity index (χ1n) is 13.4. The van der Waals surface area contributed by atoms with Crippen LogP contribution in [0, 0.1) is 12.8 Å². The van der Waals surface area contributed by atoms with Crippen molar-refractivity contribution in [3.8, 4) is 5.75 Å². The number of phenolic OH excluding ortho intramolecular Hbond substituents is 1. The largest absolute Gasteiger partial charge is 0.508 e. The van der Waals surface area contributed by atoms with Gasteiger partial charge in [0.1, 0.15) is 23.4 Å². The van der Waals surface area contributed by atoms with Crippen LogP contribution in [0.5, 0.6) is 5.75 Å². The summed E-state index contributed by atoms with van der Waals surface area (Å²) in [5, 5.41) is 15.9. The molecule has 0 spiro atoms. The van der Waals surface area contributed by atoms with Gasteiger partial charge in [0, 0.05) is 12.1 Å². The Kier molecular flexibility index (Phi) is 10.6. The molecule has 3 N–H and O–H groups in total. The number of amides is 3. The molecule has 214 valence electrons. The lowest BCUT2D eigenvalue weighted by Crippen LogP contribution is -2.58. The molecule has 0 aliphatic rings. The van der Waals surface area contributed by atoms with Gasteiger partial charge in [-0.05, 0) is 89.6 Å². The van der Waals surface area contributed by atoms with E-state index in [-0.39, 0.29) is 24.1 Å². The van der Waals surface area contributed by atoms with E-state index in [1.54, 1.807) is 39.8 Å². The molecule has 0 aliphatic heterocycles. The topological polar surface area (TPSA) is 108 Å². The highest BCUT2D eigenvalue weighted by Crippen LogP contribution is 2.33. The van der Waals surface area contributed by atoms with E-state index in [1.807, 2.05) is 65.0 Å². The molecule has 0 aromatic heterocycles. The average Bonchev–Trinajstić information content (AvgIpc) is 2.80. The Bertz CT molecular complexity index is 1130. The van der Waals surface area contributed by atoms with Crippen LogP contribution in [-0.2, 0) is 20.9 Å². The summed E-state index contributed by atoms with van der Waals surface area (Å²) in [5.41, 5.74) is 0.523. The molecule has 2 rings (SSSR count). The smallest absolute Gasteiger partial charge is 0.408 e. The van der Waals surface area contributed by atoms with Gasteiger partial charge in [0.2, 0.25) is 11.8 Å². The Hall–Kier alpha value is -3.55. The summed E-state index contributed by atoms with van der Waals surface area (Å²) in [6.07, 6.45) is -0.335. The third-order valence-electron chi connectivity index (χ3n) is 6.01. The van der Waals surface area contributed by atoms with E-state index < -0.39 is 35.2 Å². The number of carbonyl (C=O) groups excluding carboxylic acids is 3. The number of rotatable bonds is 9. The van der Waals surface area contributed by atoms with Crippen LogP contribution in [-0.4, -0.2) is 45.1 Å². The van der Waals surface area contributed by atoms with Crippen LogP contribution in [0.25, 0.3) is 0 Å². The second kappa shape index (κ2) is 13.0. The molecule has 8 heteroatoms. The summed E-state index contributed by atoms with van der Waals surface area (Å²) < 4.78 is 5.45. The Morgan fingerprint density at radius 1 is 0.974 bits per heavy atom. The fourth-order valence-corrected chi connectivity index (χ4v) is 4.30. The number of nitrogens with zero attached hydrogens (tertiary/aromatic N) is 1. The highest BCUT2D eigenvalue weighted by atomic mass is 16.6. The number of nitrogens with one attached hydrogen (secondary N) is 2. The van der Waals surface area contributed by atoms with Gasteiger partial charge in [0.05, 0.1) is 0 Å². The van der Waals surface area contributed by atoms with Gasteiger partial charge in [-0.2, -0.15) is 0 Å². The Morgan fingerprint density at radius 2 is 1.59 bits per heavy atom. The van der Waals surface area contributed by atoms with E-state index in [0.717, 1.165) is 5.56 Å². The second-order valence-corrected chi connectivity index (χ2v) is 12.4. The van der Waals surface area contributed by atoms with Crippen molar-refractivity contribution in [1.82, 2.24) is 15.5 Å². The summed E-state index contributed by atoms with van der Waals surface area (Å²) in [7, 11) is 0. The molecule has 0 saturated heterocycles. The van der Waals surface area contributed by atoms with Crippen LogP contribution < -0.4 is 10.6 Å². The summed E-state index contributed by atoms with van der Waals surface area (Å²) in [6.45, 7) is 16.8. The highest BCUT2D eigenvalue weighted by Gasteiger charge is 2.42. The normalized spacial score (nSPS) is 13.4. The van der Waals surface area contributed by atoms with Crippen LogP contribution in [0.4, 0.5) is 4.79 Å². The van der Waals surface area contributed by atoms with E-state index in [1.165, 1.54) is 11.0 Å². The van der Waals surface area contributed by atoms with Crippen LogP contribution >= 0.6 is 0 Å². The van der Waals surface area contributed by atoms with Crippen molar-refractivity contribution in [2.24, 2.45) is 5.92 Å². The second-order valence-electron chi connectivity index (χ2n) is 12.4. The number of aromatic hydroxyl groups is 1. The predicted octanol–water partition coefficient (Wildman–Crippen LogP) is 5.62. The lowest BCUT2D eigenvalue weighted by atomic mass is 9.93.